The Kier molecular flexibility index (Phi) is 1.89. The molecule has 0 bridgehead atoms. The number of nitrogens with zero attached hydrogens (tertiary/aromatic N) is 3. The second-order valence-corrected chi connectivity index (χ2v) is 3.75. The highest BCUT2D eigenvalue weighted by molar-refractivity contribution is 4.92. The highest BCUT2D eigenvalue weighted by atomic mass is 15.2. The predicted octanol–water partition coefficient (Wildman–Crippen LogP) is 0.872. The fourth-order valence-electron chi connectivity index (χ4n) is 1.71. The molecule has 12 heavy (non-hydrogen) atoms. The van der Waals surface area contributed by atoms with Crippen molar-refractivity contribution in [1.82, 2.24) is 14.5 Å². The second kappa shape index (κ2) is 2.90. The van der Waals surface area contributed by atoms with Gasteiger partial charge in [-0.05, 0) is 5.92 Å². The van der Waals surface area contributed by atoms with E-state index in [1.807, 2.05) is 19.4 Å². The molecule has 0 spiro atoms. The Morgan fingerprint density at radius 3 is 2.83 bits per heavy atom. The topological polar surface area (TPSA) is 21.1 Å². The molecule has 0 aliphatic carbocycles. The first-order valence-electron chi connectivity index (χ1n) is 4.44. The van der Waals surface area contributed by atoms with Crippen molar-refractivity contribution in [3.05, 3.63) is 18.2 Å². The molecule has 0 atom stereocenters. The maximum absolute atomic E-state index is 4.28. The van der Waals surface area contributed by atoms with Gasteiger partial charge < -0.3 is 4.57 Å². The molecule has 2 rings (SSSR count). The van der Waals surface area contributed by atoms with Gasteiger partial charge in [0.05, 0.1) is 6.54 Å². The van der Waals surface area contributed by atoms with E-state index < -0.39 is 0 Å². The van der Waals surface area contributed by atoms with E-state index in [-0.39, 0.29) is 0 Å². The summed E-state index contributed by atoms with van der Waals surface area (Å²) in [6.07, 6.45) is 3.86. The van der Waals surface area contributed by atoms with Crippen LogP contribution in [0.5, 0.6) is 0 Å². The number of imidazole rings is 1. The van der Waals surface area contributed by atoms with E-state index in [0.29, 0.717) is 0 Å². The summed E-state index contributed by atoms with van der Waals surface area (Å²) in [6.45, 7) is 5.75. The standard InChI is InChI=1S/C9H15N3/c1-8-5-12(6-8)7-9-10-3-4-11(9)2/h3-4,8H,5-7H2,1-2H3. The van der Waals surface area contributed by atoms with E-state index in [0.717, 1.165) is 12.5 Å². The van der Waals surface area contributed by atoms with E-state index in [9.17, 15) is 0 Å². The highest BCUT2D eigenvalue weighted by Crippen LogP contribution is 2.16. The van der Waals surface area contributed by atoms with E-state index in [2.05, 4.69) is 21.4 Å². The fraction of sp³-hybridized carbons (Fsp3) is 0.667. The normalized spacial score (nSPS) is 19.5. The largest absolute Gasteiger partial charge is 0.337 e. The van der Waals surface area contributed by atoms with Gasteiger partial charge in [0.2, 0.25) is 0 Å². The van der Waals surface area contributed by atoms with Gasteiger partial charge >= 0.3 is 0 Å². The average molecular weight is 165 g/mol. The van der Waals surface area contributed by atoms with Crippen LogP contribution in [0, 0.1) is 5.92 Å². The first kappa shape index (κ1) is 7.80. The molecule has 1 aromatic rings. The SMILES string of the molecule is CC1CN(Cc2nccn2C)C1. The summed E-state index contributed by atoms with van der Waals surface area (Å²) >= 11 is 0. The Labute approximate surface area is 73.0 Å². The van der Waals surface area contributed by atoms with Gasteiger partial charge in [-0.3, -0.25) is 4.90 Å². The number of hydrogen-bond acceptors (Lipinski definition) is 2. The number of rotatable bonds is 2. The van der Waals surface area contributed by atoms with Crippen molar-refractivity contribution in [1.29, 1.82) is 0 Å². The molecule has 3 heteroatoms. The van der Waals surface area contributed by atoms with Crippen LogP contribution in [0.4, 0.5) is 0 Å². The number of aromatic nitrogens is 2. The molecule has 0 amide bonds. The van der Waals surface area contributed by atoms with Crippen LogP contribution in [-0.4, -0.2) is 27.5 Å². The summed E-state index contributed by atoms with van der Waals surface area (Å²) in [5.41, 5.74) is 0. The molecule has 66 valence electrons. The zero-order valence-corrected chi connectivity index (χ0v) is 7.70. The lowest BCUT2D eigenvalue weighted by Crippen LogP contribution is -2.44. The molecule has 2 heterocycles. The molecule has 0 radical (unpaired) electrons. The molecular weight excluding hydrogens is 150 g/mol. The fourth-order valence-corrected chi connectivity index (χ4v) is 1.71. The van der Waals surface area contributed by atoms with Crippen molar-refractivity contribution in [2.24, 2.45) is 13.0 Å². The zero-order valence-electron chi connectivity index (χ0n) is 7.70. The summed E-state index contributed by atoms with van der Waals surface area (Å²) in [6, 6.07) is 0. The van der Waals surface area contributed by atoms with Crippen LogP contribution in [0.15, 0.2) is 12.4 Å². The van der Waals surface area contributed by atoms with Crippen molar-refractivity contribution >= 4 is 0 Å². The van der Waals surface area contributed by atoms with Crippen molar-refractivity contribution in [2.45, 2.75) is 13.5 Å². The van der Waals surface area contributed by atoms with Crippen LogP contribution in [0.2, 0.25) is 0 Å². The summed E-state index contributed by atoms with van der Waals surface area (Å²) in [7, 11) is 2.05. The number of likely N-dealkylation sites (tertiary alicyclic amines) is 1. The van der Waals surface area contributed by atoms with Crippen LogP contribution in [0.1, 0.15) is 12.7 Å². The molecule has 0 unspecified atom stereocenters. The Bertz CT molecular complexity index is 260. The average Bonchev–Trinajstić information content (AvgIpc) is 2.33. The quantitative estimate of drug-likeness (QED) is 0.648. The summed E-state index contributed by atoms with van der Waals surface area (Å²) in [5.74, 6) is 2.05. The van der Waals surface area contributed by atoms with Gasteiger partial charge in [-0.1, -0.05) is 6.92 Å². The summed E-state index contributed by atoms with van der Waals surface area (Å²) in [4.78, 5) is 6.71. The number of aryl methyl sites for hydroxylation is 1. The molecule has 3 nitrogen and oxygen atoms in total. The molecule has 1 aliphatic heterocycles. The predicted molar refractivity (Wildman–Crippen MR) is 47.6 cm³/mol. The van der Waals surface area contributed by atoms with Crippen LogP contribution in [-0.2, 0) is 13.6 Å². The molecule has 0 saturated carbocycles. The van der Waals surface area contributed by atoms with Crippen LogP contribution >= 0.6 is 0 Å². The van der Waals surface area contributed by atoms with E-state index in [4.69, 9.17) is 0 Å². The minimum absolute atomic E-state index is 0.880. The van der Waals surface area contributed by atoms with Crippen molar-refractivity contribution in [2.75, 3.05) is 13.1 Å². The van der Waals surface area contributed by atoms with Crippen LogP contribution in [0.25, 0.3) is 0 Å². The maximum atomic E-state index is 4.28. The van der Waals surface area contributed by atoms with Crippen molar-refractivity contribution in [3.63, 3.8) is 0 Å². The molecule has 0 aromatic carbocycles. The summed E-state index contributed by atoms with van der Waals surface area (Å²) in [5, 5.41) is 0. The number of hydrogen-bond donors (Lipinski definition) is 0. The lowest BCUT2D eigenvalue weighted by molar-refractivity contribution is 0.101. The molecule has 1 aliphatic rings. The highest BCUT2D eigenvalue weighted by Gasteiger charge is 2.22. The third-order valence-electron chi connectivity index (χ3n) is 2.43. The van der Waals surface area contributed by atoms with E-state index >= 15 is 0 Å². The summed E-state index contributed by atoms with van der Waals surface area (Å²) < 4.78 is 2.09. The first-order valence-corrected chi connectivity index (χ1v) is 4.44. The van der Waals surface area contributed by atoms with Crippen molar-refractivity contribution in [3.8, 4) is 0 Å². The Morgan fingerprint density at radius 2 is 2.33 bits per heavy atom. The van der Waals surface area contributed by atoms with Gasteiger partial charge in [-0.2, -0.15) is 0 Å². The smallest absolute Gasteiger partial charge is 0.122 e. The molecule has 1 aromatic heterocycles. The lowest BCUT2D eigenvalue weighted by atomic mass is 10.0. The Morgan fingerprint density at radius 1 is 1.58 bits per heavy atom. The minimum Gasteiger partial charge on any atom is -0.337 e. The third-order valence-corrected chi connectivity index (χ3v) is 2.43. The monoisotopic (exact) mass is 165 g/mol. The molecule has 0 N–H and O–H groups in total. The van der Waals surface area contributed by atoms with Gasteiger partial charge in [-0.15, -0.1) is 0 Å². The molecule has 1 fully saturated rings. The zero-order chi connectivity index (χ0) is 8.55. The maximum Gasteiger partial charge on any atom is 0.122 e. The molecular formula is C9H15N3. The van der Waals surface area contributed by atoms with Gasteiger partial charge in [0.1, 0.15) is 5.82 Å². The van der Waals surface area contributed by atoms with E-state index in [1.165, 1.54) is 18.9 Å². The second-order valence-electron chi connectivity index (χ2n) is 3.75. The Balaban J connectivity index is 1.92. The van der Waals surface area contributed by atoms with Crippen LogP contribution in [0.3, 0.4) is 0 Å². The van der Waals surface area contributed by atoms with Gasteiger partial charge in [-0.25, -0.2) is 4.98 Å². The third kappa shape index (κ3) is 1.37. The minimum atomic E-state index is 0.880. The van der Waals surface area contributed by atoms with Gasteiger partial charge in [0.25, 0.3) is 0 Å². The Hall–Kier alpha value is -0.830. The van der Waals surface area contributed by atoms with Crippen molar-refractivity contribution < 1.29 is 0 Å². The van der Waals surface area contributed by atoms with Gasteiger partial charge in [0.15, 0.2) is 0 Å². The first-order chi connectivity index (χ1) is 5.75. The van der Waals surface area contributed by atoms with Crippen LogP contribution < -0.4 is 0 Å². The lowest BCUT2D eigenvalue weighted by Gasteiger charge is -2.36. The molecule has 1 saturated heterocycles. The van der Waals surface area contributed by atoms with Gasteiger partial charge in [0, 0.05) is 32.5 Å². The van der Waals surface area contributed by atoms with E-state index in [1.54, 1.807) is 0 Å².